The minimum Gasteiger partial charge on any atom is -0.497 e. The van der Waals surface area contributed by atoms with Gasteiger partial charge in [0.25, 0.3) is 5.91 Å². The largest absolute Gasteiger partial charge is 0.497 e. The molecule has 1 aromatic carbocycles. The SMILES string of the molecule is COc1ccc(CC2=C[C@@H]3C[C@@]4(C=CC(=O)N24)CC[C@H]3O[Si](C)(C)C(C)(C)C)cc1. The van der Waals surface area contributed by atoms with Gasteiger partial charge in [-0.1, -0.05) is 45.1 Å². The first-order chi connectivity index (χ1) is 14.0. The summed E-state index contributed by atoms with van der Waals surface area (Å²) in [6, 6.07) is 8.16. The van der Waals surface area contributed by atoms with E-state index in [1.807, 2.05) is 12.1 Å². The number of hydrogen-bond donors (Lipinski definition) is 0. The highest BCUT2D eigenvalue weighted by molar-refractivity contribution is 6.74. The smallest absolute Gasteiger partial charge is 0.251 e. The summed E-state index contributed by atoms with van der Waals surface area (Å²) in [7, 11) is -0.165. The minimum absolute atomic E-state index is 0.122. The average Bonchev–Trinajstić information content (AvgIpc) is 3.00. The van der Waals surface area contributed by atoms with E-state index in [0.29, 0.717) is 5.92 Å². The summed E-state index contributed by atoms with van der Waals surface area (Å²) in [5, 5.41) is 0.196. The molecule has 1 spiro atoms. The number of rotatable bonds is 5. The van der Waals surface area contributed by atoms with Crippen molar-refractivity contribution in [1.29, 1.82) is 0 Å². The second kappa shape index (κ2) is 7.38. The molecule has 2 heterocycles. The van der Waals surface area contributed by atoms with Gasteiger partial charge in [0.05, 0.1) is 18.8 Å². The standard InChI is InChI=1S/C25H35NO3Si/c1-24(2,3)30(5,6)29-22-11-13-25-14-12-23(27)26(25)20(16-19(22)17-25)15-18-7-9-21(28-4)10-8-18/h7-10,12,14,16,19,22H,11,13,15,17H2,1-6H3/t19-,22-,25+/m1/s1. The Hall–Kier alpha value is -1.85. The zero-order valence-corrected chi connectivity index (χ0v) is 20.2. The molecular formula is C25H35NO3Si. The van der Waals surface area contributed by atoms with Gasteiger partial charge in [0.2, 0.25) is 0 Å². The number of fused-ring (bicyclic) bond motifs is 1. The van der Waals surface area contributed by atoms with Crippen molar-refractivity contribution in [3.63, 3.8) is 0 Å². The highest BCUT2D eigenvalue weighted by atomic mass is 28.4. The van der Waals surface area contributed by atoms with E-state index in [2.05, 4.69) is 63.0 Å². The second-order valence-corrected chi connectivity index (χ2v) is 15.4. The van der Waals surface area contributed by atoms with Crippen LogP contribution in [0.2, 0.25) is 18.1 Å². The van der Waals surface area contributed by atoms with Crippen molar-refractivity contribution in [2.24, 2.45) is 5.92 Å². The summed E-state index contributed by atoms with van der Waals surface area (Å²) in [4.78, 5) is 14.9. The van der Waals surface area contributed by atoms with Gasteiger partial charge in [-0.25, -0.2) is 0 Å². The molecule has 1 saturated carbocycles. The number of amides is 1. The van der Waals surface area contributed by atoms with Gasteiger partial charge in [0, 0.05) is 24.1 Å². The zero-order valence-electron chi connectivity index (χ0n) is 19.2. The first-order valence-electron chi connectivity index (χ1n) is 11.1. The first kappa shape index (κ1) is 21.4. The normalized spacial score (nSPS) is 28.4. The third-order valence-corrected chi connectivity index (χ3v) is 12.1. The summed E-state index contributed by atoms with van der Waals surface area (Å²) in [6.45, 7) is 11.6. The summed E-state index contributed by atoms with van der Waals surface area (Å²) < 4.78 is 12.2. The highest BCUT2D eigenvalue weighted by Crippen LogP contribution is 2.50. The third kappa shape index (κ3) is 3.67. The molecule has 4 nitrogen and oxygen atoms in total. The van der Waals surface area contributed by atoms with Crippen molar-refractivity contribution in [3.8, 4) is 5.75 Å². The van der Waals surface area contributed by atoms with Gasteiger partial charge in [0.1, 0.15) is 5.75 Å². The van der Waals surface area contributed by atoms with Crippen LogP contribution in [-0.2, 0) is 15.6 Å². The van der Waals surface area contributed by atoms with E-state index in [1.165, 1.54) is 5.56 Å². The fraction of sp³-hybridized carbons (Fsp3) is 0.560. The maximum Gasteiger partial charge on any atom is 0.251 e. The van der Waals surface area contributed by atoms with Gasteiger partial charge >= 0.3 is 0 Å². The quantitative estimate of drug-likeness (QED) is 0.588. The number of carbonyl (C=O) groups excluding carboxylic acids is 1. The van der Waals surface area contributed by atoms with E-state index in [0.717, 1.165) is 37.1 Å². The van der Waals surface area contributed by atoms with E-state index in [4.69, 9.17) is 9.16 Å². The molecule has 3 atom stereocenters. The molecule has 1 amide bonds. The lowest BCUT2D eigenvalue weighted by Gasteiger charge is -2.52. The van der Waals surface area contributed by atoms with Crippen molar-refractivity contribution < 1.29 is 14.0 Å². The molecule has 0 unspecified atom stereocenters. The third-order valence-electron chi connectivity index (χ3n) is 7.62. The number of hydrogen-bond acceptors (Lipinski definition) is 3. The Morgan fingerprint density at radius 1 is 1.20 bits per heavy atom. The molecule has 1 fully saturated rings. The number of methoxy groups -OCH3 is 1. The lowest BCUT2D eigenvalue weighted by molar-refractivity contribution is -0.129. The zero-order chi connectivity index (χ0) is 21.7. The Kier molecular flexibility index (Phi) is 5.26. The van der Waals surface area contributed by atoms with Gasteiger partial charge in [-0.3, -0.25) is 4.79 Å². The number of benzene rings is 1. The molecule has 2 aliphatic heterocycles. The molecule has 3 aliphatic rings. The van der Waals surface area contributed by atoms with Crippen LogP contribution >= 0.6 is 0 Å². The Morgan fingerprint density at radius 3 is 2.53 bits per heavy atom. The van der Waals surface area contributed by atoms with Gasteiger partial charge < -0.3 is 14.1 Å². The van der Waals surface area contributed by atoms with E-state index >= 15 is 0 Å². The molecule has 0 N–H and O–H groups in total. The number of carbonyl (C=O) groups is 1. The first-order valence-corrected chi connectivity index (χ1v) is 14.0. The van der Waals surface area contributed by atoms with Crippen molar-refractivity contribution in [3.05, 3.63) is 53.8 Å². The summed E-state index contributed by atoms with van der Waals surface area (Å²) in [6.07, 6.45) is 10.2. The van der Waals surface area contributed by atoms with E-state index in [1.54, 1.807) is 13.2 Å². The van der Waals surface area contributed by atoms with Crippen molar-refractivity contribution in [2.45, 2.75) is 76.2 Å². The van der Waals surface area contributed by atoms with Crippen LogP contribution in [0.1, 0.15) is 45.6 Å². The Bertz CT molecular complexity index is 881. The molecule has 1 aromatic rings. The predicted octanol–water partition coefficient (Wildman–Crippen LogP) is 5.46. The van der Waals surface area contributed by atoms with Crippen LogP contribution < -0.4 is 4.74 Å². The van der Waals surface area contributed by atoms with Gasteiger partial charge in [-0.05, 0) is 55.1 Å². The highest BCUT2D eigenvalue weighted by Gasteiger charge is 2.52. The van der Waals surface area contributed by atoms with Gasteiger partial charge in [-0.2, -0.15) is 0 Å². The topological polar surface area (TPSA) is 38.8 Å². The lowest BCUT2D eigenvalue weighted by Crippen LogP contribution is -2.56. The van der Waals surface area contributed by atoms with Crippen LogP contribution in [0.4, 0.5) is 0 Å². The number of nitrogens with zero attached hydrogens (tertiary/aromatic N) is 1. The fourth-order valence-corrected chi connectivity index (χ4v) is 6.31. The summed E-state index contributed by atoms with van der Waals surface area (Å²) in [5.74, 6) is 1.33. The average molecular weight is 426 g/mol. The van der Waals surface area contributed by atoms with E-state index in [-0.39, 0.29) is 22.6 Å². The van der Waals surface area contributed by atoms with Crippen LogP contribution in [-0.4, -0.2) is 37.9 Å². The molecule has 1 aliphatic carbocycles. The molecule has 5 heteroatoms. The Morgan fingerprint density at radius 2 is 1.90 bits per heavy atom. The van der Waals surface area contributed by atoms with Crippen LogP contribution in [0.5, 0.6) is 5.75 Å². The Balaban J connectivity index is 1.63. The van der Waals surface area contributed by atoms with Crippen molar-refractivity contribution in [1.82, 2.24) is 4.90 Å². The monoisotopic (exact) mass is 425 g/mol. The maximum absolute atomic E-state index is 12.8. The van der Waals surface area contributed by atoms with Crippen LogP contribution in [0.15, 0.2) is 48.2 Å². The van der Waals surface area contributed by atoms with Gasteiger partial charge in [0.15, 0.2) is 8.32 Å². The number of allylic oxidation sites excluding steroid dienone is 1. The predicted molar refractivity (Wildman–Crippen MR) is 123 cm³/mol. The lowest BCUT2D eigenvalue weighted by atomic mass is 9.70. The summed E-state index contributed by atoms with van der Waals surface area (Å²) >= 11 is 0. The van der Waals surface area contributed by atoms with Crippen molar-refractivity contribution in [2.75, 3.05) is 7.11 Å². The fourth-order valence-electron chi connectivity index (χ4n) is 4.90. The van der Waals surface area contributed by atoms with Crippen LogP contribution in [0.3, 0.4) is 0 Å². The second-order valence-electron chi connectivity index (χ2n) is 10.6. The van der Waals surface area contributed by atoms with E-state index in [9.17, 15) is 4.79 Å². The van der Waals surface area contributed by atoms with Gasteiger partial charge in [-0.15, -0.1) is 0 Å². The molecule has 2 bridgehead atoms. The van der Waals surface area contributed by atoms with Crippen LogP contribution in [0.25, 0.3) is 0 Å². The summed E-state index contributed by atoms with van der Waals surface area (Å²) in [5.41, 5.74) is 2.15. The molecule has 0 radical (unpaired) electrons. The molecule has 0 saturated heterocycles. The molecule has 0 aromatic heterocycles. The van der Waals surface area contributed by atoms with Crippen molar-refractivity contribution >= 4 is 14.2 Å². The Labute approximate surface area is 182 Å². The maximum atomic E-state index is 12.8. The van der Waals surface area contributed by atoms with Crippen LogP contribution in [0, 0.1) is 5.92 Å². The van der Waals surface area contributed by atoms with E-state index < -0.39 is 8.32 Å². The molecule has 4 rings (SSSR count). The molecular weight excluding hydrogens is 390 g/mol. The molecule has 30 heavy (non-hydrogen) atoms. The minimum atomic E-state index is -1.85. The number of ether oxygens (including phenoxy) is 1. The molecule has 162 valence electrons.